The van der Waals surface area contributed by atoms with Crippen molar-refractivity contribution in [3.63, 3.8) is 0 Å². The normalized spacial score (nSPS) is 11.5. The lowest BCUT2D eigenvalue weighted by molar-refractivity contribution is 1.18. The van der Waals surface area contributed by atoms with Gasteiger partial charge in [0.2, 0.25) is 0 Å². The number of hydrogen-bond donors (Lipinski definition) is 0. The van der Waals surface area contributed by atoms with Crippen LogP contribution in [0.5, 0.6) is 0 Å². The Balaban J connectivity index is 1.15. The zero-order chi connectivity index (χ0) is 34.1. The van der Waals surface area contributed by atoms with Crippen molar-refractivity contribution in [3.8, 4) is 50.1 Å². The largest absolute Gasteiger partial charge is 0.309 e. The Labute approximate surface area is 300 Å². The van der Waals surface area contributed by atoms with Gasteiger partial charge in [-0.1, -0.05) is 54.6 Å². The van der Waals surface area contributed by atoms with Crippen LogP contribution in [0.3, 0.4) is 0 Å². The number of aromatic nitrogens is 3. The van der Waals surface area contributed by atoms with Gasteiger partial charge in [0.25, 0.3) is 0 Å². The number of nitriles is 2. The summed E-state index contributed by atoms with van der Waals surface area (Å²) in [4.78, 5) is 9.95. The lowest BCUT2D eigenvalue weighted by Gasteiger charge is -2.12. The van der Waals surface area contributed by atoms with Gasteiger partial charge in [-0.2, -0.15) is 10.5 Å². The maximum atomic E-state index is 9.71. The summed E-state index contributed by atoms with van der Waals surface area (Å²) in [6, 6.07) is 52.5. The van der Waals surface area contributed by atoms with Crippen LogP contribution in [0, 0.1) is 22.7 Å². The molecular weight excluding hydrogens is 663 g/mol. The first-order valence-electron chi connectivity index (χ1n) is 16.4. The minimum absolute atomic E-state index is 0.384. The predicted molar refractivity (Wildman–Crippen MR) is 210 cm³/mol. The third kappa shape index (κ3) is 4.72. The maximum Gasteiger partial charge on any atom is 0.124 e. The molecule has 7 heteroatoms. The molecule has 0 N–H and O–H groups in total. The molecule has 0 saturated heterocycles. The molecular formula is C44H23N5S2. The first kappa shape index (κ1) is 29.3. The minimum atomic E-state index is 0.384. The second kappa shape index (κ2) is 11.5. The van der Waals surface area contributed by atoms with Crippen molar-refractivity contribution in [1.82, 2.24) is 14.5 Å². The molecule has 5 nitrogen and oxygen atoms in total. The Morgan fingerprint density at radius 3 is 1.61 bits per heavy atom. The standard InChI is InChI=1S/C44H23N5S2/c45-24-30-20-27-6-5-7-33(34(27)23-31(30)25-46)26-12-16-32(17-13-26)49-39-18-14-28(43-47-37-8-1-3-10-41(37)50-43)21-35(39)36-22-29(15-19-40(36)49)44-48-38-9-2-4-11-42(38)51-44/h1-23H. The molecule has 236 valence electrons. The van der Waals surface area contributed by atoms with Gasteiger partial charge in [0.05, 0.1) is 42.6 Å². The van der Waals surface area contributed by atoms with E-state index in [1.54, 1.807) is 28.7 Å². The molecule has 0 spiro atoms. The Kier molecular flexibility index (Phi) is 6.59. The van der Waals surface area contributed by atoms with E-state index in [9.17, 15) is 10.5 Å². The quantitative estimate of drug-likeness (QED) is 0.185. The number of nitrogens with zero attached hydrogens (tertiary/aromatic N) is 5. The highest BCUT2D eigenvalue weighted by Gasteiger charge is 2.18. The number of thiazole rings is 2. The van der Waals surface area contributed by atoms with Crippen LogP contribution in [0.1, 0.15) is 11.1 Å². The molecule has 10 rings (SSSR count). The molecule has 0 amide bonds. The maximum absolute atomic E-state index is 9.71. The van der Waals surface area contributed by atoms with Crippen molar-refractivity contribution in [2.75, 3.05) is 0 Å². The summed E-state index contributed by atoms with van der Waals surface area (Å²) in [7, 11) is 0. The highest BCUT2D eigenvalue weighted by Crippen LogP contribution is 2.40. The van der Waals surface area contributed by atoms with E-state index in [-0.39, 0.29) is 0 Å². The van der Waals surface area contributed by atoms with Crippen LogP contribution >= 0.6 is 22.7 Å². The van der Waals surface area contributed by atoms with Gasteiger partial charge in [-0.3, -0.25) is 0 Å². The van der Waals surface area contributed by atoms with Crippen molar-refractivity contribution < 1.29 is 0 Å². The Morgan fingerprint density at radius 1 is 0.490 bits per heavy atom. The van der Waals surface area contributed by atoms with E-state index in [1.807, 2.05) is 30.3 Å². The number of para-hydroxylation sites is 2. The third-order valence-corrected chi connectivity index (χ3v) is 11.7. The van der Waals surface area contributed by atoms with Gasteiger partial charge in [-0.25, -0.2) is 9.97 Å². The minimum Gasteiger partial charge on any atom is -0.309 e. The fourth-order valence-corrected chi connectivity index (χ4v) is 9.03. The molecule has 51 heavy (non-hydrogen) atoms. The van der Waals surface area contributed by atoms with E-state index in [1.165, 1.54) is 9.40 Å². The summed E-state index contributed by atoms with van der Waals surface area (Å²) in [6.07, 6.45) is 0. The molecule has 0 bridgehead atoms. The van der Waals surface area contributed by atoms with Crippen LogP contribution in [0.15, 0.2) is 140 Å². The second-order valence-electron chi connectivity index (χ2n) is 12.5. The van der Waals surface area contributed by atoms with Crippen molar-refractivity contribution in [2.45, 2.75) is 0 Å². The van der Waals surface area contributed by atoms with Crippen LogP contribution in [0.4, 0.5) is 0 Å². The van der Waals surface area contributed by atoms with E-state index in [2.05, 4.69) is 120 Å². The lowest BCUT2D eigenvalue weighted by Crippen LogP contribution is -1.94. The fraction of sp³-hybridized carbons (Fsp3) is 0. The average molecular weight is 686 g/mol. The Morgan fingerprint density at radius 2 is 1.04 bits per heavy atom. The van der Waals surface area contributed by atoms with E-state index >= 15 is 0 Å². The molecule has 0 atom stereocenters. The van der Waals surface area contributed by atoms with Crippen LogP contribution in [0.2, 0.25) is 0 Å². The molecule has 3 heterocycles. The monoisotopic (exact) mass is 685 g/mol. The van der Waals surface area contributed by atoms with Crippen LogP contribution < -0.4 is 0 Å². The molecule has 0 radical (unpaired) electrons. The zero-order valence-corrected chi connectivity index (χ0v) is 28.5. The van der Waals surface area contributed by atoms with E-state index in [0.29, 0.717) is 11.1 Å². The van der Waals surface area contributed by atoms with Gasteiger partial charge in [-0.05, 0) is 107 Å². The molecule has 0 fully saturated rings. The molecule has 0 unspecified atom stereocenters. The second-order valence-corrected chi connectivity index (χ2v) is 14.5. The first-order chi connectivity index (χ1) is 25.1. The van der Waals surface area contributed by atoms with Gasteiger partial charge in [0, 0.05) is 27.6 Å². The number of fused-ring (bicyclic) bond motifs is 6. The SMILES string of the molecule is N#Cc1cc2cccc(-c3ccc(-n4c5ccc(-c6nc7ccccc7s6)cc5c5cc(-c6nc7ccccc7s6)ccc54)cc3)c2cc1C#N. The van der Waals surface area contributed by atoms with E-state index in [4.69, 9.17) is 9.97 Å². The fourth-order valence-electron chi connectivity index (χ4n) is 7.11. The molecule has 3 aromatic heterocycles. The van der Waals surface area contributed by atoms with Crippen molar-refractivity contribution in [1.29, 1.82) is 10.5 Å². The molecule has 0 saturated carbocycles. The van der Waals surface area contributed by atoms with Gasteiger partial charge < -0.3 is 4.57 Å². The summed E-state index contributed by atoms with van der Waals surface area (Å²) in [6.45, 7) is 0. The molecule has 0 aliphatic carbocycles. The molecule has 0 aliphatic rings. The number of benzene rings is 7. The van der Waals surface area contributed by atoms with Crippen molar-refractivity contribution in [3.05, 3.63) is 151 Å². The first-order valence-corrected chi connectivity index (χ1v) is 18.1. The van der Waals surface area contributed by atoms with E-state index in [0.717, 1.165) is 81.6 Å². The third-order valence-electron chi connectivity index (χ3n) is 9.54. The van der Waals surface area contributed by atoms with Gasteiger partial charge in [0.1, 0.15) is 22.2 Å². The Hall–Kier alpha value is -6.64. The van der Waals surface area contributed by atoms with Crippen LogP contribution in [-0.4, -0.2) is 14.5 Å². The highest BCUT2D eigenvalue weighted by molar-refractivity contribution is 7.22. The predicted octanol–water partition coefficient (Wildman–Crippen LogP) is 11.9. The zero-order valence-electron chi connectivity index (χ0n) is 26.8. The van der Waals surface area contributed by atoms with E-state index < -0.39 is 0 Å². The molecule has 0 aliphatic heterocycles. The van der Waals surface area contributed by atoms with Crippen molar-refractivity contribution in [2.24, 2.45) is 0 Å². The summed E-state index contributed by atoms with van der Waals surface area (Å²) in [5.41, 5.74) is 10.3. The smallest absolute Gasteiger partial charge is 0.124 e. The topological polar surface area (TPSA) is 78.3 Å². The van der Waals surface area contributed by atoms with Crippen molar-refractivity contribution >= 4 is 75.7 Å². The van der Waals surface area contributed by atoms with Gasteiger partial charge in [0.15, 0.2) is 0 Å². The molecule has 10 aromatic rings. The lowest BCUT2D eigenvalue weighted by atomic mass is 9.94. The summed E-state index contributed by atoms with van der Waals surface area (Å²) in [5.74, 6) is 0. The summed E-state index contributed by atoms with van der Waals surface area (Å²) in [5, 5.41) is 25.5. The van der Waals surface area contributed by atoms with Crippen LogP contribution in [-0.2, 0) is 0 Å². The average Bonchev–Trinajstić information content (AvgIpc) is 3.91. The molecule has 7 aromatic carbocycles. The summed E-state index contributed by atoms with van der Waals surface area (Å²) >= 11 is 3.43. The van der Waals surface area contributed by atoms with Gasteiger partial charge in [-0.15, -0.1) is 22.7 Å². The Bertz CT molecular complexity index is 2920. The summed E-state index contributed by atoms with van der Waals surface area (Å²) < 4.78 is 4.68. The number of rotatable bonds is 4. The highest BCUT2D eigenvalue weighted by atomic mass is 32.1. The van der Waals surface area contributed by atoms with Crippen LogP contribution in [0.25, 0.3) is 91.0 Å². The van der Waals surface area contributed by atoms with Gasteiger partial charge >= 0.3 is 0 Å². The number of hydrogen-bond acceptors (Lipinski definition) is 6.